The van der Waals surface area contributed by atoms with Gasteiger partial charge in [0.15, 0.2) is 0 Å². The highest BCUT2D eigenvalue weighted by Gasteiger charge is 2.09. The van der Waals surface area contributed by atoms with Crippen LogP contribution in [-0.4, -0.2) is 42.2 Å². The Morgan fingerprint density at radius 1 is 1.22 bits per heavy atom. The highest BCUT2D eigenvalue weighted by Crippen LogP contribution is 2.14. The van der Waals surface area contributed by atoms with E-state index in [1.807, 2.05) is 13.2 Å². The minimum atomic E-state index is -0.754. The zero-order chi connectivity index (χ0) is 13.8. The smallest absolute Gasteiger partial charge is 0.314 e. The Kier molecular flexibility index (Phi) is 10.6. The highest BCUT2D eigenvalue weighted by atomic mass is 32.2. The number of carboxylic acid groups (broad SMARTS) is 1. The first-order valence-corrected chi connectivity index (χ1v) is 7.72. The number of carbonyl (C=O) groups is 2. The van der Waals surface area contributed by atoms with Crippen LogP contribution in [0.25, 0.3) is 0 Å². The second-order valence-electron chi connectivity index (χ2n) is 4.17. The van der Waals surface area contributed by atoms with E-state index >= 15 is 0 Å². The maximum atomic E-state index is 11.3. The molecule has 0 saturated carbocycles. The molecule has 0 aromatic carbocycles. The molecule has 2 amide bonds. The third kappa shape index (κ3) is 10.3. The Bertz CT molecular complexity index is 249. The van der Waals surface area contributed by atoms with Crippen molar-refractivity contribution in [1.29, 1.82) is 0 Å². The predicted octanol–water partition coefficient (Wildman–Crippen LogP) is 1.93. The van der Waals surface area contributed by atoms with E-state index in [9.17, 15) is 9.59 Å². The predicted molar refractivity (Wildman–Crippen MR) is 75.1 cm³/mol. The fourth-order valence-corrected chi connectivity index (χ4v) is 1.91. The maximum Gasteiger partial charge on any atom is 0.314 e. The summed E-state index contributed by atoms with van der Waals surface area (Å²) in [5, 5.41) is 14.2. The molecular weight excluding hydrogens is 252 g/mol. The molecule has 18 heavy (non-hydrogen) atoms. The topological polar surface area (TPSA) is 78.4 Å². The number of urea groups is 1. The molecule has 0 radical (unpaired) electrons. The number of amides is 2. The lowest BCUT2D eigenvalue weighted by Crippen LogP contribution is -2.37. The fraction of sp³-hybridized carbons (Fsp3) is 0.833. The first-order valence-electron chi connectivity index (χ1n) is 6.32. The van der Waals surface area contributed by atoms with E-state index < -0.39 is 5.97 Å². The van der Waals surface area contributed by atoms with E-state index in [1.54, 1.807) is 11.8 Å². The lowest BCUT2D eigenvalue weighted by atomic mass is 9.97. The van der Waals surface area contributed by atoms with Gasteiger partial charge in [-0.05, 0) is 25.0 Å². The molecule has 0 aliphatic heterocycles. The summed E-state index contributed by atoms with van der Waals surface area (Å²) in [4.78, 5) is 21.8. The Morgan fingerprint density at radius 2 is 1.89 bits per heavy atom. The summed E-state index contributed by atoms with van der Waals surface area (Å²) in [7, 11) is 0. The Morgan fingerprint density at radius 3 is 2.44 bits per heavy atom. The van der Waals surface area contributed by atoms with Gasteiger partial charge in [-0.15, -0.1) is 0 Å². The molecule has 5 nitrogen and oxygen atoms in total. The molecule has 0 aromatic rings. The molecule has 1 atom stereocenters. The summed E-state index contributed by atoms with van der Waals surface area (Å²) in [6, 6.07) is -0.142. The minimum absolute atomic E-state index is 0.142. The van der Waals surface area contributed by atoms with Crippen LogP contribution < -0.4 is 10.6 Å². The SMILES string of the molecule is CCC(CCNC(=O)NCCSC)CCC(=O)O. The van der Waals surface area contributed by atoms with E-state index in [0.717, 1.165) is 18.6 Å². The van der Waals surface area contributed by atoms with Crippen LogP contribution in [-0.2, 0) is 4.79 Å². The van der Waals surface area contributed by atoms with Gasteiger partial charge in [-0.1, -0.05) is 13.3 Å². The molecule has 0 aromatic heterocycles. The normalized spacial score (nSPS) is 11.9. The van der Waals surface area contributed by atoms with Crippen LogP contribution in [0.15, 0.2) is 0 Å². The number of carboxylic acids is 1. The lowest BCUT2D eigenvalue weighted by molar-refractivity contribution is -0.137. The Labute approximate surface area is 113 Å². The van der Waals surface area contributed by atoms with Crippen molar-refractivity contribution in [2.75, 3.05) is 25.1 Å². The summed E-state index contributed by atoms with van der Waals surface area (Å²) >= 11 is 1.69. The fourth-order valence-electron chi connectivity index (χ4n) is 1.60. The second kappa shape index (κ2) is 11.2. The number of aliphatic carboxylic acids is 1. The van der Waals surface area contributed by atoms with Crippen molar-refractivity contribution in [3.8, 4) is 0 Å². The van der Waals surface area contributed by atoms with Crippen LogP contribution in [0.1, 0.15) is 32.6 Å². The standard InChI is InChI=1S/C12H24N2O3S/c1-3-10(4-5-11(15)16)6-7-13-12(17)14-8-9-18-2/h10H,3-9H2,1-2H3,(H,15,16)(H2,13,14,17). The third-order valence-corrected chi connectivity index (χ3v) is 3.39. The molecule has 106 valence electrons. The quantitative estimate of drug-likeness (QED) is 0.533. The molecule has 0 bridgehead atoms. The number of nitrogens with one attached hydrogen (secondary N) is 2. The largest absolute Gasteiger partial charge is 0.481 e. The molecule has 1 unspecified atom stereocenters. The highest BCUT2D eigenvalue weighted by molar-refractivity contribution is 7.98. The van der Waals surface area contributed by atoms with E-state index in [-0.39, 0.29) is 12.5 Å². The van der Waals surface area contributed by atoms with Gasteiger partial charge in [0, 0.05) is 25.3 Å². The zero-order valence-electron chi connectivity index (χ0n) is 11.2. The van der Waals surface area contributed by atoms with Gasteiger partial charge in [0.1, 0.15) is 0 Å². The molecule has 0 rings (SSSR count). The summed E-state index contributed by atoms with van der Waals surface area (Å²) in [5.41, 5.74) is 0. The van der Waals surface area contributed by atoms with Crippen LogP contribution in [0.5, 0.6) is 0 Å². The van der Waals surface area contributed by atoms with Crippen molar-refractivity contribution >= 4 is 23.8 Å². The van der Waals surface area contributed by atoms with Crippen molar-refractivity contribution in [1.82, 2.24) is 10.6 Å². The zero-order valence-corrected chi connectivity index (χ0v) is 12.0. The second-order valence-corrected chi connectivity index (χ2v) is 5.16. The first-order chi connectivity index (χ1) is 8.60. The molecular formula is C12H24N2O3S. The van der Waals surface area contributed by atoms with Gasteiger partial charge in [0.25, 0.3) is 0 Å². The Hall–Kier alpha value is -0.910. The van der Waals surface area contributed by atoms with E-state index in [1.165, 1.54) is 0 Å². The molecule has 0 aliphatic rings. The number of hydrogen-bond donors (Lipinski definition) is 3. The average Bonchev–Trinajstić information content (AvgIpc) is 2.33. The monoisotopic (exact) mass is 276 g/mol. The lowest BCUT2D eigenvalue weighted by Gasteiger charge is -2.14. The average molecular weight is 276 g/mol. The van der Waals surface area contributed by atoms with Crippen molar-refractivity contribution in [3.63, 3.8) is 0 Å². The van der Waals surface area contributed by atoms with E-state index in [4.69, 9.17) is 5.11 Å². The van der Waals surface area contributed by atoms with Gasteiger partial charge < -0.3 is 15.7 Å². The van der Waals surface area contributed by atoms with Crippen LogP contribution in [0.2, 0.25) is 0 Å². The number of carbonyl (C=O) groups excluding carboxylic acids is 1. The maximum absolute atomic E-state index is 11.3. The van der Waals surface area contributed by atoms with Gasteiger partial charge in [0.05, 0.1) is 0 Å². The first kappa shape index (κ1) is 17.1. The molecule has 0 aliphatic carbocycles. The van der Waals surface area contributed by atoms with Crippen molar-refractivity contribution in [3.05, 3.63) is 0 Å². The van der Waals surface area contributed by atoms with Gasteiger partial charge in [0.2, 0.25) is 0 Å². The van der Waals surface area contributed by atoms with Crippen LogP contribution in [0.4, 0.5) is 4.79 Å². The van der Waals surface area contributed by atoms with Crippen LogP contribution in [0.3, 0.4) is 0 Å². The van der Waals surface area contributed by atoms with E-state index in [0.29, 0.717) is 25.4 Å². The molecule has 0 heterocycles. The third-order valence-electron chi connectivity index (χ3n) is 2.77. The number of hydrogen-bond acceptors (Lipinski definition) is 3. The summed E-state index contributed by atoms with van der Waals surface area (Å²) in [5.74, 6) is 0.521. The molecule has 6 heteroatoms. The Balaban J connectivity index is 3.59. The van der Waals surface area contributed by atoms with Crippen molar-refractivity contribution < 1.29 is 14.7 Å². The summed E-state index contributed by atoms with van der Waals surface area (Å²) in [6.07, 6.45) is 4.66. The molecule has 0 fully saturated rings. The van der Waals surface area contributed by atoms with Gasteiger partial charge in [-0.2, -0.15) is 11.8 Å². The van der Waals surface area contributed by atoms with Gasteiger partial charge in [-0.25, -0.2) is 4.79 Å². The number of thioether (sulfide) groups is 1. The summed E-state index contributed by atoms with van der Waals surface area (Å²) < 4.78 is 0. The minimum Gasteiger partial charge on any atom is -0.481 e. The van der Waals surface area contributed by atoms with Crippen molar-refractivity contribution in [2.45, 2.75) is 32.6 Å². The van der Waals surface area contributed by atoms with Gasteiger partial charge in [-0.3, -0.25) is 4.79 Å². The molecule has 3 N–H and O–H groups in total. The van der Waals surface area contributed by atoms with Crippen LogP contribution >= 0.6 is 11.8 Å². The van der Waals surface area contributed by atoms with Crippen molar-refractivity contribution in [2.24, 2.45) is 5.92 Å². The molecule has 0 saturated heterocycles. The van der Waals surface area contributed by atoms with E-state index in [2.05, 4.69) is 10.6 Å². The van der Waals surface area contributed by atoms with Crippen LogP contribution in [0, 0.1) is 5.92 Å². The van der Waals surface area contributed by atoms with Gasteiger partial charge >= 0.3 is 12.0 Å². The molecule has 0 spiro atoms. The summed E-state index contributed by atoms with van der Waals surface area (Å²) in [6.45, 7) is 3.32. The number of rotatable bonds is 10.